The topological polar surface area (TPSA) is 84.9 Å². The summed E-state index contributed by atoms with van der Waals surface area (Å²) >= 11 is 0. The van der Waals surface area contributed by atoms with E-state index in [-0.39, 0.29) is 11.9 Å². The van der Waals surface area contributed by atoms with Crippen molar-refractivity contribution in [2.24, 2.45) is 0 Å². The summed E-state index contributed by atoms with van der Waals surface area (Å²) in [4.78, 5) is 12.8. The smallest absolute Gasteiger partial charge is 0.238 e. The highest BCUT2D eigenvalue weighted by Crippen LogP contribution is 2.33. The van der Waals surface area contributed by atoms with E-state index in [1.807, 2.05) is 26.0 Å². The lowest BCUT2D eigenvalue weighted by molar-refractivity contribution is -0.126. The van der Waals surface area contributed by atoms with Crippen molar-refractivity contribution in [1.29, 1.82) is 0 Å². The maximum Gasteiger partial charge on any atom is 0.238 e. The lowest BCUT2D eigenvalue weighted by atomic mass is 9.99. The number of methoxy groups -OCH3 is 2. The molecule has 26 heavy (non-hydrogen) atoms. The third kappa shape index (κ3) is 4.48. The third-order valence-electron chi connectivity index (χ3n) is 4.78. The fraction of sp³-hybridized carbons (Fsp3) is 0.611. The molecule has 1 fully saturated rings. The molecule has 2 rings (SSSR count). The highest BCUT2D eigenvalue weighted by atomic mass is 32.2. The highest BCUT2D eigenvalue weighted by molar-refractivity contribution is 7.88. The first-order valence-corrected chi connectivity index (χ1v) is 10.5. The number of hydrogen-bond donors (Lipinski definition) is 1. The van der Waals surface area contributed by atoms with E-state index >= 15 is 0 Å². The lowest BCUT2D eigenvalue weighted by Gasteiger charge is -2.33. The molecule has 1 N–H and O–H groups in total. The van der Waals surface area contributed by atoms with Gasteiger partial charge < -0.3 is 14.8 Å². The first-order chi connectivity index (χ1) is 12.2. The Morgan fingerprint density at radius 3 is 2.42 bits per heavy atom. The molecule has 1 saturated heterocycles. The number of carbonyl (C=O) groups excluding carboxylic acids is 1. The van der Waals surface area contributed by atoms with Gasteiger partial charge in [0.2, 0.25) is 15.9 Å². The molecule has 1 aromatic rings. The number of ether oxygens (including phenoxy) is 2. The molecular weight excluding hydrogens is 356 g/mol. The van der Waals surface area contributed by atoms with Gasteiger partial charge in [-0.1, -0.05) is 6.42 Å². The molecule has 7 nitrogen and oxygen atoms in total. The van der Waals surface area contributed by atoms with Crippen molar-refractivity contribution in [2.45, 2.75) is 45.2 Å². The van der Waals surface area contributed by atoms with Crippen LogP contribution in [0.2, 0.25) is 0 Å². The molecule has 0 spiro atoms. The standard InChI is InChI=1S/C18H28N2O5S/c1-12-10-16(24-3)17(25-4)11-14(12)13(2)19-18(21)15-8-6-7-9-20(15)26(5,22)23/h10-11,13,15H,6-9H2,1-5H3,(H,19,21)/t13-,15+/m1/s1. The first-order valence-electron chi connectivity index (χ1n) is 8.68. The van der Waals surface area contributed by atoms with E-state index in [0.717, 1.165) is 30.2 Å². The summed E-state index contributed by atoms with van der Waals surface area (Å²) in [6, 6.07) is 2.77. The van der Waals surface area contributed by atoms with E-state index in [0.29, 0.717) is 24.5 Å². The fourth-order valence-corrected chi connectivity index (χ4v) is 4.54. The summed E-state index contributed by atoms with van der Waals surface area (Å²) in [6.07, 6.45) is 3.31. The number of hydrogen-bond acceptors (Lipinski definition) is 5. The summed E-state index contributed by atoms with van der Waals surface area (Å²) in [6.45, 7) is 4.20. The average molecular weight is 384 g/mol. The van der Waals surface area contributed by atoms with Crippen molar-refractivity contribution < 1.29 is 22.7 Å². The van der Waals surface area contributed by atoms with Gasteiger partial charge in [0.05, 0.1) is 26.5 Å². The molecule has 1 aliphatic heterocycles. The minimum Gasteiger partial charge on any atom is -0.493 e. The van der Waals surface area contributed by atoms with E-state index in [1.54, 1.807) is 14.2 Å². The molecule has 0 aliphatic carbocycles. The number of nitrogens with one attached hydrogen (secondary N) is 1. The Bertz CT molecular complexity index is 763. The Kier molecular flexibility index (Phi) is 6.52. The van der Waals surface area contributed by atoms with E-state index in [2.05, 4.69) is 5.32 Å². The molecule has 0 radical (unpaired) electrons. The van der Waals surface area contributed by atoms with E-state index in [9.17, 15) is 13.2 Å². The molecular formula is C18H28N2O5S. The van der Waals surface area contributed by atoms with Crippen LogP contribution in [0.1, 0.15) is 43.4 Å². The lowest BCUT2D eigenvalue weighted by Crippen LogP contribution is -2.51. The number of sulfonamides is 1. The van der Waals surface area contributed by atoms with Gasteiger partial charge in [-0.2, -0.15) is 4.31 Å². The summed E-state index contributed by atoms with van der Waals surface area (Å²) < 4.78 is 35.9. The summed E-state index contributed by atoms with van der Waals surface area (Å²) in [5, 5.41) is 2.96. The third-order valence-corrected chi connectivity index (χ3v) is 6.07. The molecule has 1 aromatic carbocycles. The SMILES string of the molecule is COc1cc(C)c([C@@H](C)NC(=O)[C@@H]2CCCCN2S(C)(=O)=O)cc1OC. The minimum absolute atomic E-state index is 0.267. The normalized spacial score (nSPS) is 19.7. The fourth-order valence-electron chi connectivity index (χ4n) is 3.41. The van der Waals surface area contributed by atoms with Crippen molar-refractivity contribution in [3.05, 3.63) is 23.3 Å². The molecule has 1 heterocycles. The van der Waals surface area contributed by atoms with E-state index in [4.69, 9.17) is 9.47 Å². The molecule has 1 amide bonds. The Labute approximate surface area is 155 Å². The number of nitrogens with zero attached hydrogens (tertiary/aromatic N) is 1. The van der Waals surface area contributed by atoms with Crippen LogP contribution < -0.4 is 14.8 Å². The first kappa shape index (κ1) is 20.5. The van der Waals surface area contributed by atoms with Crippen LogP contribution in [-0.4, -0.2) is 51.7 Å². The van der Waals surface area contributed by atoms with Crippen LogP contribution in [0.25, 0.3) is 0 Å². The number of piperidine rings is 1. The van der Waals surface area contributed by atoms with Crippen molar-refractivity contribution in [1.82, 2.24) is 9.62 Å². The Balaban J connectivity index is 2.21. The second-order valence-corrected chi connectivity index (χ2v) is 8.61. The second kappa shape index (κ2) is 8.26. The predicted molar refractivity (Wildman–Crippen MR) is 100 cm³/mol. The maximum absolute atomic E-state index is 12.8. The van der Waals surface area contributed by atoms with Crippen LogP contribution in [0.3, 0.4) is 0 Å². The van der Waals surface area contributed by atoms with Crippen molar-refractivity contribution in [2.75, 3.05) is 27.0 Å². The summed E-state index contributed by atoms with van der Waals surface area (Å²) in [5.41, 5.74) is 1.86. The molecule has 146 valence electrons. The minimum atomic E-state index is -3.41. The van der Waals surface area contributed by atoms with Crippen molar-refractivity contribution >= 4 is 15.9 Å². The van der Waals surface area contributed by atoms with Gasteiger partial charge in [-0.3, -0.25) is 4.79 Å². The number of aryl methyl sites for hydroxylation is 1. The zero-order valence-electron chi connectivity index (χ0n) is 16.0. The van der Waals surface area contributed by atoms with Crippen LogP contribution in [0.15, 0.2) is 12.1 Å². The van der Waals surface area contributed by atoms with Crippen LogP contribution in [-0.2, 0) is 14.8 Å². The van der Waals surface area contributed by atoms with Gasteiger partial charge in [-0.05, 0) is 49.9 Å². The van der Waals surface area contributed by atoms with Gasteiger partial charge in [0.15, 0.2) is 11.5 Å². The molecule has 0 unspecified atom stereocenters. The van der Waals surface area contributed by atoms with Gasteiger partial charge >= 0.3 is 0 Å². The molecule has 2 atom stereocenters. The summed E-state index contributed by atoms with van der Waals surface area (Å²) in [7, 11) is -0.276. The highest BCUT2D eigenvalue weighted by Gasteiger charge is 2.35. The number of benzene rings is 1. The van der Waals surface area contributed by atoms with Gasteiger partial charge in [-0.25, -0.2) is 8.42 Å². The summed E-state index contributed by atoms with van der Waals surface area (Å²) in [5.74, 6) is 0.948. The number of amides is 1. The van der Waals surface area contributed by atoms with Crippen LogP contribution in [0.5, 0.6) is 11.5 Å². The van der Waals surface area contributed by atoms with Gasteiger partial charge in [0, 0.05) is 6.54 Å². The molecule has 0 aromatic heterocycles. The molecule has 1 aliphatic rings. The maximum atomic E-state index is 12.8. The van der Waals surface area contributed by atoms with E-state index in [1.165, 1.54) is 4.31 Å². The molecule has 0 saturated carbocycles. The Morgan fingerprint density at radius 1 is 1.23 bits per heavy atom. The largest absolute Gasteiger partial charge is 0.493 e. The van der Waals surface area contributed by atoms with E-state index < -0.39 is 16.1 Å². The van der Waals surface area contributed by atoms with Crippen LogP contribution in [0, 0.1) is 6.92 Å². The van der Waals surface area contributed by atoms with Gasteiger partial charge in [0.25, 0.3) is 0 Å². The Morgan fingerprint density at radius 2 is 1.85 bits per heavy atom. The quantitative estimate of drug-likeness (QED) is 0.811. The van der Waals surface area contributed by atoms with Crippen LogP contribution >= 0.6 is 0 Å². The molecule has 8 heteroatoms. The number of rotatable bonds is 6. The molecule has 0 bridgehead atoms. The Hall–Kier alpha value is -1.80. The number of carbonyl (C=O) groups is 1. The zero-order chi connectivity index (χ0) is 19.5. The monoisotopic (exact) mass is 384 g/mol. The zero-order valence-corrected chi connectivity index (χ0v) is 16.9. The average Bonchev–Trinajstić information content (AvgIpc) is 2.60. The van der Waals surface area contributed by atoms with Gasteiger partial charge in [0.1, 0.15) is 6.04 Å². The van der Waals surface area contributed by atoms with Crippen LogP contribution in [0.4, 0.5) is 0 Å². The predicted octanol–water partition coefficient (Wildman–Crippen LogP) is 2.00. The van der Waals surface area contributed by atoms with Crippen molar-refractivity contribution in [3.63, 3.8) is 0 Å². The van der Waals surface area contributed by atoms with Crippen molar-refractivity contribution in [3.8, 4) is 11.5 Å². The van der Waals surface area contributed by atoms with Gasteiger partial charge in [-0.15, -0.1) is 0 Å². The second-order valence-electron chi connectivity index (χ2n) is 6.68.